The molecule has 0 bridgehead atoms. The smallest absolute Gasteiger partial charge is 0.256 e. The largest absolute Gasteiger partial charge is 0.431 e. The van der Waals surface area contributed by atoms with Gasteiger partial charge >= 0.3 is 0 Å². The van der Waals surface area contributed by atoms with Gasteiger partial charge in [0.05, 0.1) is 19.8 Å². The van der Waals surface area contributed by atoms with Crippen molar-refractivity contribution < 1.29 is 9.15 Å². The average Bonchev–Trinajstić information content (AvgIpc) is 3.20. The summed E-state index contributed by atoms with van der Waals surface area (Å²) in [5, 5.41) is 3.00. The molecule has 0 N–H and O–H groups in total. The zero-order valence-corrected chi connectivity index (χ0v) is 14.8. The van der Waals surface area contributed by atoms with Crippen LogP contribution in [0.15, 0.2) is 32.8 Å². The van der Waals surface area contributed by atoms with E-state index >= 15 is 0 Å². The van der Waals surface area contributed by atoms with Crippen LogP contribution in [0.5, 0.6) is 0 Å². The van der Waals surface area contributed by atoms with E-state index in [0.29, 0.717) is 15.5 Å². The van der Waals surface area contributed by atoms with Gasteiger partial charge in [-0.05, 0) is 18.2 Å². The lowest BCUT2D eigenvalue weighted by Crippen LogP contribution is -2.39. The number of benzene rings is 1. The summed E-state index contributed by atoms with van der Waals surface area (Å²) in [5.41, 5.74) is 1.59. The van der Waals surface area contributed by atoms with Crippen LogP contribution < -0.4 is 0 Å². The van der Waals surface area contributed by atoms with E-state index in [4.69, 9.17) is 20.8 Å². The quantitative estimate of drug-likeness (QED) is 0.773. The molecule has 1 fully saturated rings. The third-order valence-corrected chi connectivity index (χ3v) is 6.39. The fraction of sp³-hybridized carbons (Fsp3) is 0.467. The molecule has 3 heterocycles. The number of ether oxygens (including phenoxy) is 1. The summed E-state index contributed by atoms with van der Waals surface area (Å²) in [5.74, 6) is 0.933. The van der Waals surface area contributed by atoms with Crippen LogP contribution in [0.25, 0.3) is 11.1 Å². The Morgan fingerprint density at radius 3 is 3.09 bits per heavy atom. The van der Waals surface area contributed by atoms with Crippen LogP contribution in [0.3, 0.4) is 0 Å². The van der Waals surface area contributed by atoms with Gasteiger partial charge in [-0.15, -0.1) is 0 Å². The maximum absolute atomic E-state index is 5.98. The molecule has 0 amide bonds. The zero-order valence-electron chi connectivity index (χ0n) is 12.4. The molecule has 4 rings (SSSR count). The van der Waals surface area contributed by atoms with Gasteiger partial charge < -0.3 is 14.1 Å². The molecule has 2 aliphatic rings. The number of thioether (sulfide) groups is 2. The molecule has 1 saturated heterocycles. The van der Waals surface area contributed by atoms with Crippen molar-refractivity contribution in [3.05, 3.63) is 23.2 Å². The normalized spacial score (nSPS) is 21.9. The van der Waals surface area contributed by atoms with Crippen molar-refractivity contribution in [1.82, 2.24) is 9.88 Å². The number of hydrogen-bond donors (Lipinski definition) is 0. The molecule has 5 nitrogen and oxygen atoms in total. The van der Waals surface area contributed by atoms with Gasteiger partial charge in [0.2, 0.25) is 0 Å². The van der Waals surface area contributed by atoms with E-state index in [9.17, 15) is 0 Å². The van der Waals surface area contributed by atoms with E-state index in [1.165, 1.54) is 0 Å². The second-order valence-corrected chi connectivity index (χ2v) is 8.04. The van der Waals surface area contributed by atoms with E-state index in [-0.39, 0.29) is 0 Å². The van der Waals surface area contributed by atoms with Gasteiger partial charge in [0, 0.05) is 29.1 Å². The Morgan fingerprint density at radius 1 is 1.35 bits per heavy atom. The second-order valence-electron chi connectivity index (χ2n) is 5.37. The number of fused-ring (bicyclic) bond motifs is 1. The molecule has 1 atom stereocenters. The van der Waals surface area contributed by atoms with Crippen molar-refractivity contribution in [2.24, 2.45) is 4.99 Å². The van der Waals surface area contributed by atoms with Crippen LogP contribution in [0, 0.1) is 0 Å². The summed E-state index contributed by atoms with van der Waals surface area (Å²) >= 11 is 9.47. The Labute approximate surface area is 147 Å². The Bertz CT molecular complexity index is 731. The summed E-state index contributed by atoms with van der Waals surface area (Å²) in [7, 11) is 0. The predicted octanol–water partition coefficient (Wildman–Crippen LogP) is 3.38. The summed E-state index contributed by atoms with van der Waals surface area (Å²) < 4.78 is 11.1. The molecule has 122 valence electrons. The monoisotopic (exact) mass is 369 g/mol. The first-order valence-electron chi connectivity index (χ1n) is 7.50. The number of oxazole rings is 1. The highest BCUT2D eigenvalue weighted by Crippen LogP contribution is 2.31. The maximum Gasteiger partial charge on any atom is 0.256 e. The zero-order chi connectivity index (χ0) is 15.6. The molecule has 0 saturated carbocycles. The fourth-order valence-corrected chi connectivity index (χ4v) is 4.84. The molecule has 0 aliphatic carbocycles. The highest BCUT2D eigenvalue weighted by molar-refractivity contribution is 8.15. The molecule has 1 aromatic heterocycles. The van der Waals surface area contributed by atoms with Gasteiger partial charge in [0.1, 0.15) is 5.52 Å². The minimum atomic E-state index is 0.469. The van der Waals surface area contributed by atoms with E-state index in [1.807, 2.05) is 30.0 Å². The van der Waals surface area contributed by atoms with Crippen molar-refractivity contribution in [2.75, 3.05) is 38.6 Å². The molecule has 2 aromatic rings. The van der Waals surface area contributed by atoms with E-state index in [1.54, 1.807) is 11.8 Å². The Hall–Kier alpha value is -0.890. The third-order valence-electron chi connectivity index (χ3n) is 3.71. The van der Waals surface area contributed by atoms with E-state index in [2.05, 4.69) is 14.9 Å². The van der Waals surface area contributed by atoms with Crippen molar-refractivity contribution in [2.45, 2.75) is 10.5 Å². The number of amidine groups is 1. The standard InChI is InChI=1S/C15H16ClN3O2S2/c16-10-1-2-13-12(7-10)18-15(21-13)22-9-11-8-17-14(23-11)19-3-5-20-6-4-19/h1-2,7,11H,3-6,8-9H2. The first kappa shape index (κ1) is 15.6. The fourth-order valence-electron chi connectivity index (χ4n) is 2.52. The highest BCUT2D eigenvalue weighted by Gasteiger charge is 2.25. The predicted molar refractivity (Wildman–Crippen MR) is 95.8 cm³/mol. The number of hydrogen-bond acceptors (Lipinski definition) is 7. The molecule has 0 radical (unpaired) electrons. The number of halogens is 1. The van der Waals surface area contributed by atoms with Crippen LogP contribution in [0.1, 0.15) is 0 Å². The van der Waals surface area contributed by atoms with Crippen LogP contribution in [0.4, 0.5) is 0 Å². The number of rotatable bonds is 3. The van der Waals surface area contributed by atoms with Crippen molar-refractivity contribution >= 4 is 51.4 Å². The van der Waals surface area contributed by atoms with Gasteiger partial charge in [-0.3, -0.25) is 4.99 Å². The molecule has 2 aliphatic heterocycles. The maximum atomic E-state index is 5.98. The minimum Gasteiger partial charge on any atom is -0.431 e. The number of morpholine rings is 1. The average molecular weight is 370 g/mol. The number of aromatic nitrogens is 1. The molecule has 8 heteroatoms. The SMILES string of the molecule is Clc1ccc2oc(SCC3CN=C(N4CCOCC4)S3)nc2c1. The van der Waals surface area contributed by atoms with Crippen LogP contribution >= 0.6 is 35.1 Å². The van der Waals surface area contributed by atoms with Gasteiger partial charge in [0.25, 0.3) is 5.22 Å². The summed E-state index contributed by atoms with van der Waals surface area (Å²) in [4.78, 5) is 11.5. The Kier molecular flexibility index (Phi) is 4.71. The summed E-state index contributed by atoms with van der Waals surface area (Å²) in [6.07, 6.45) is 0. The van der Waals surface area contributed by atoms with Crippen LogP contribution in [-0.4, -0.2) is 58.9 Å². The van der Waals surface area contributed by atoms with Gasteiger partial charge in [-0.1, -0.05) is 35.1 Å². The highest BCUT2D eigenvalue weighted by atomic mass is 35.5. The van der Waals surface area contributed by atoms with Crippen molar-refractivity contribution in [3.8, 4) is 0 Å². The topological polar surface area (TPSA) is 50.9 Å². The first-order valence-corrected chi connectivity index (χ1v) is 9.75. The summed E-state index contributed by atoms with van der Waals surface area (Å²) in [6, 6.07) is 5.51. The Morgan fingerprint density at radius 2 is 2.22 bits per heavy atom. The van der Waals surface area contributed by atoms with Crippen LogP contribution in [0.2, 0.25) is 5.02 Å². The lowest BCUT2D eigenvalue weighted by molar-refractivity contribution is 0.0693. The molecular weight excluding hydrogens is 354 g/mol. The van der Waals surface area contributed by atoms with E-state index < -0.39 is 0 Å². The molecule has 23 heavy (non-hydrogen) atoms. The van der Waals surface area contributed by atoms with Crippen LogP contribution in [-0.2, 0) is 4.74 Å². The molecule has 0 spiro atoms. The van der Waals surface area contributed by atoms with Gasteiger partial charge in [-0.25, -0.2) is 4.98 Å². The second kappa shape index (κ2) is 6.93. The minimum absolute atomic E-state index is 0.469. The molecule has 1 aromatic carbocycles. The van der Waals surface area contributed by atoms with Crippen molar-refractivity contribution in [1.29, 1.82) is 0 Å². The molecule has 1 unspecified atom stereocenters. The molecular formula is C15H16ClN3O2S2. The number of nitrogens with zero attached hydrogens (tertiary/aromatic N) is 3. The van der Waals surface area contributed by atoms with E-state index in [0.717, 1.165) is 54.9 Å². The Balaban J connectivity index is 1.32. The van der Waals surface area contributed by atoms with Gasteiger partial charge in [-0.2, -0.15) is 0 Å². The third kappa shape index (κ3) is 3.63. The number of aliphatic imine (C=N–C) groups is 1. The summed E-state index contributed by atoms with van der Waals surface area (Å²) in [6.45, 7) is 4.33. The lowest BCUT2D eigenvalue weighted by atomic mass is 10.3. The van der Waals surface area contributed by atoms with Gasteiger partial charge in [0.15, 0.2) is 10.8 Å². The van der Waals surface area contributed by atoms with Crippen molar-refractivity contribution in [3.63, 3.8) is 0 Å². The first-order chi connectivity index (χ1) is 11.3. The lowest BCUT2D eigenvalue weighted by Gasteiger charge is -2.28.